The second-order valence-corrected chi connectivity index (χ2v) is 7.82. The number of carbonyl (C=O) groups excluding carboxylic acids is 1. The Morgan fingerprint density at radius 3 is 2.74 bits per heavy atom. The van der Waals surface area contributed by atoms with E-state index in [2.05, 4.69) is 22.1 Å². The molecular weight excluding hydrogens is 439 g/mol. The van der Waals surface area contributed by atoms with Gasteiger partial charge in [-0.05, 0) is 48.0 Å². The maximum atomic E-state index is 13.3. The van der Waals surface area contributed by atoms with E-state index in [-0.39, 0.29) is 18.3 Å². The van der Waals surface area contributed by atoms with Crippen molar-refractivity contribution in [2.45, 2.75) is 11.7 Å². The van der Waals surface area contributed by atoms with Crippen molar-refractivity contribution in [3.05, 3.63) is 83.4 Å². The summed E-state index contributed by atoms with van der Waals surface area (Å²) in [6.07, 6.45) is 2.88. The molecule has 0 unspecified atom stereocenters. The molecule has 0 fully saturated rings. The van der Waals surface area contributed by atoms with Crippen LogP contribution in [0.25, 0.3) is 11.8 Å². The Balaban J connectivity index is 1.76. The summed E-state index contributed by atoms with van der Waals surface area (Å²) in [6, 6.07) is 13.4. The lowest BCUT2D eigenvalue weighted by atomic mass is 10.2. The summed E-state index contributed by atoms with van der Waals surface area (Å²) >= 11 is 7.28. The molecule has 2 aromatic carbocycles. The first-order chi connectivity index (χ1) is 15.0. The largest absolute Gasteiger partial charge is 0.497 e. The monoisotopic (exact) mass is 458 g/mol. The molecule has 1 N–H and O–H groups in total. The Hall–Kier alpha value is -3.10. The number of nitrogens with one attached hydrogen (secondary N) is 1. The number of hydrogen-bond acceptors (Lipinski definition) is 5. The first kappa shape index (κ1) is 22.6. The lowest BCUT2D eigenvalue weighted by molar-refractivity contribution is -0.116. The van der Waals surface area contributed by atoms with Crippen LogP contribution in [0.1, 0.15) is 11.4 Å². The molecule has 160 valence electrons. The topological polar surface area (TPSA) is 69.0 Å². The molecule has 0 bridgehead atoms. The predicted molar refractivity (Wildman–Crippen MR) is 121 cm³/mol. The minimum Gasteiger partial charge on any atom is -0.497 e. The first-order valence-electron chi connectivity index (χ1n) is 9.22. The molecule has 0 aliphatic carbocycles. The summed E-state index contributed by atoms with van der Waals surface area (Å²) in [5.74, 6) is 1.04. The highest BCUT2D eigenvalue weighted by molar-refractivity contribution is 7.99. The van der Waals surface area contributed by atoms with Gasteiger partial charge in [0, 0.05) is 22.5 Å². The molecule has 1 aromatic heterocycles. The Kier molecular flexibility index (Phi) is 7.86. The predicted octanol–water partition coefficient (Wildman–Crippen LogP) is 4.59. The molecule has 0 saturated carbocycles. The van der Waals surface area contributed by atoms with Crippen molar-refractivity contribution >= 4 is 35.3 Å². The van der Waals surface area contributed by atoms with E-state index >= 15 is 0 Å². The van der Waals surface area contributed by atoms with Gasteiger partial charge in [-0.1, -0.05) is 42.1 Å². The van der Waals surface area contributed by atoms with Crippen LogP contribution in [-0.4, -0.2) is 33.5 Å². The molecule has 0 aliphatic rings. The first-order valence-corrected chi connectivity index (χ1v) is 10.6. The van der Waals surface area contributed by atoms with Gasteiger partial charge in [0.15, 0.2) is 11.0 Å². The zero-order valence-electron chi connectivity index (χ0n) is 16.7. The molecule has 6 nitrogen and oxygen atoms in total. The Morgan fingerprint density at radius 2 is 2.06 bits per heavy atom. The number of thioether (sulfide) groups is 1. The minimum absolute atomic E-state index is 0.147. The van der Waals surface area contributed by atoms with Crippen LogP contribution in [0.4, 0.5) is 4.39 Å². The van der Waals surface area contributed by atoms with E-state index in [1.54, 1.807) is 25.3 Å². The SMILES string of the molecule is C=C(Cl)CSc1nnc(CNC(=O)/C=C/c2cccc(F)c2)n1-c1ccc(OC)cc1. The number of benzene rings is 2. The summed E-state index contributed by atoms with van der Waals surface area (Å²) in [7, 11) is 1.60. The van der Waals surface area contributed by atoms with Gasteiger partial charge in [-0.3, -0.25) is 9.36 Å². The average Bonchev–Trinajstić information content (AvgIpc) is 3.17. The van der Waals surface area contributed by atoms with Gasteiger partial charge in [0.25, 0.3) is 0 Å². The molecule has 0 atom stereocenters. The number of halogens is 2. The van der Waals surface area contributed by atoms with Crippen LogP contribution in [0.15, 0.2) is 71.4 Å². The van der Waals surface area contributed by atoms with Crippen LogP contribution in [-0.2, 0) is 11.3 Å². The smallest absolute Gasteiger partial charge is 0.244 e. The van der Waals surface area contributed by atoms with E-state index in [9.17, 15) is 9.18 Å². The molecule has 0 spiro atoms. The van der Waals surface area contributed by atoms with Crippen molar-refractivity contribution in [3.63, 3.8) is 0 Å². The number of carbonyl (C=O) groups is 1. The van der Waals surface area contributed by atoms with Crippen LogP contribution >= 0.6 is 23.4 Å². The minimum atomic E-state index is -0.361. The van der Waals surface area contributed by atoms with Crippen molar-refractivity contribution in [2.75, 3.05) is 12.9 Å². The van der Waals surface area contributed by atoms with E-state index in [1.807, 2.05) is 28.8 Å². The Morgan fingerprint density at radius 1 is 1.29 bits per heavy atom. The van der Waals surface area contributed by atoms with Gasteiger partial charge in [-0.2, -0.15) is 0 Å². The van der Waals surface area contributed by atoms with E-state index < -0.39 is 0 Å². The van der Waals surface area contributed by atoms with Crippen LogP contribution in [0.5, 0.6) is 5.75 Å². The molecule has 0 aliphatic heterocycles. The van der Waals surface area contributed by atoms with Gasteiger partial charge in [0.1, 0.15) is 11.6 Å². The normalized spacial score (nSPS) is 10.9. The number of amides is 1. The maximum Gasteiger partial charge on any atom is 0.244 e. The third kappa shape index (κ3) is 6.44. The molecule has 0 saturated heterocycles. The fourth-order valence-electron chi connectivity index (χ4n) is 2.65. The van der Waals surface area contributed by atoms with Gasteiger partial charge < -0.3 is 10.1 Å². The average molecular weight is 459 g/mol. The maximum absolute atomic E-state index is 13.3. The zero-order chi connectivity index (χ0) is 22.2. The van der Waals surface area contributed by atoms with E-state index in [4.69, 9.17) is 16.3 Å². The third-order valence-electron chi connectivity index (χ3n) is 4.09. The highest BCUT2D eigenvalue weighted by Gasteiger charge is 2.15. The third-order valence-corrected chi connectivity index (χ3v) is 5.39. The van der Waals surface area contributed by atoms with Crippen LogP contribution in [0.3, 0.4) is 0 Å². The van der Waals surface area contributed by atoms with Crippen molar-refractivity contribution in [1.29, 1.82) is 0 Å². The number of aromatic nitrogens is 3. The van der Waals surface area contributed by atoms with Crippen molar-refractivity contribution in [3.8, 4) is 11.4 Å². The summed E-state index contributed by atoms with van der Waals surface area (Å²) in [4.78, 5) is 12.2. The van der Waals surface area contributed by atoms with Gasteiger partial charge >= 0.3 is 0 Å². The van der Waals surface area contributed by atoms with Crippen molar-refractivity contribution in [1.82, 2.24) is 20.1 Å². The summed E-state index contributed by atoms with van der Waals surface area (Å²) in [5, 5.41) is 12.3. The second-order valence-electron chi connectivity index (χ2n) is 6.34. The van der Waals surface area contributed by atoms with Gasteiger partial charge in [0.2, 0.25) is 5.91 Å². The quantitative estimate of drug-likeness (QED) is 0.375. The fourth-order valence-corrected chi connectivity index (χ4v) is 3.54. The molecule has 3 rings (SSSR count). The zero-order valence-corrected chi connectivity index (χ0v) is 18.3. The lowest BCUT2D eigenvalue weighted by Crippen LogP contribution is -2.22. The fraction of sp³-hybridized carbons (Fsp3) is 0.136. The van der Waals surface area contributed by atoms with E-state index in [1.165, 1.54) is 30.0 Å². The van der Waals surface area contributed by atoms with Gasteiger partial charge in [-0.25, -0.2) is 4.39 Å². The van der Waals surface area contributed by atoms with Crippen molar-refractivity contribution in [2.24, 2.45) is 0 Å². The van der Waals surface area contributed by atoms with Crippen LogP contribution < -0.4 is 10.1 Å². The van der Waals surface area contributed by atoms with Gasteiger partial charge in [-0.15, -0.1) is 10.2 Å². The molecule has 0 radical (unpaired) electrons. The summed E-state index contributed by atoms with van der Waals surface area (Å²) in [5.41, 5.74) is 1.41. The van der Waals surface area contributed by atoms with E-state index in [0.29, 0.717) is 27.3 Å². The molecule has 3 aromatic rings. The standard InChI is InChI=1S/C22H20ClFN4O2S/c1-15(23)14-31-22-27-26-20(28(22)18-7-9-19(30-2)10-8-18)13-25-21(29)11-6-16-4-3-5-17(24)12-16/h3-12H,1,13-14H2,2H3,(H,25,29)/b11-6+. The number of methoxy groups -OCH3 is 1. The number of ether oxygens (including phenoxy) is 1. The van der Waals surface area contributed by atoms with Crippen LogP contribution in [0, 0.1) is 5.82 Å². The summed E-state index contributed by atoms with van der Waals surface area (Å²) < 4.78 is 20.3. The van der Waals surface area contributed by atoms with Crippen LogP contribution in [0.2, 0.25) is 0 Å². The molecule has 31 heavy (non-hydrogen) atoms. The number of rotatable bonds is 9. The number of nitrogens with zero attached hydrogens (tertiary/aromatic N) is 3. The number of hydrogen-bond donors (Lipinski definition) is 1. The lowest BCUT2D eigenvalue weighted by Gasteiger charge is -2.11. The second kappa shape index (κ2) is 10.8. The highest BCUT2D eigenvalue weighted by atomic mass is 35.5. The summed E-state index contributed by atoms with van der Waals surface area (Å²) in [6.45, 7) is 3.84. The molecule has 1 amide bonds. The Labute approximate surface area is 188 Å². The highest BCUT2D eigenvalue weighted by Crippen LogP contribution is 2.25. The van der Waals surface area contributed by atoms with Crippen molar-refractivity contribution < 1.29 is 13.9 Å². The Bertz CT molecular complexity index is 1100. The van der Waals surface area contributed by atoms with E-state index in [0.717, 1.165) is 11.4 Å². The molecule has 9 heteroatoms. The molecular formula is C22H20ClFN4O2S. The molecule has 1 heterocycles. The van der Waals surface area contributed by atoms with Gasteiger partial charge in [0.05, 0.1) is 13.7 Å².